The monoisotopic (exact) mass is 176 g/mol. The molecule has 0 aliphatic carbocycles. The minimum Gasteiger partial charge on any atom is -0.468 e. The summed E-state index contributed by atoms with van der Waals surface area (Å²) in [4.78, 5) is 9.81. The van der Waals surface area contributed by atoms with E-state index in [1.165, 1.54) is 0 Å². The van der Waals surface area contributed by atoms with E-state index in [1.54, 1.807) is 6.92 Å². The fourth-order valence-electron chi connectivity index (χ4n) is 1.08. The molecule has 72 valence electrons. The van der Waals surface area contributed by atoms with Crippen LogP contribution >= 0.6 is 0 Å². The van der Waals surface area contributed by atoms with Crippen LogP contribution in [0, 0.1) is 5.92 Å². The summed E-state index contributed by atoms with van der Waals surface area (Å²) in [5.74, 6) is 0.0531. The van der Waals surface area contributed by atoms with Crippen LogP contribution in [0.3, 0.4) is 0 Å². The van der Waals surface area contributed by atoms with Gasteiger partial charge in [-0.15, -0.1) is 0 Å². The SMILES string of the molecule is C[C@@H](COC=O)CC(C)(O)CO. The second kappa shape index (κ2) is 5.11. The lowest BCUT2D eigenvalue weighted by atomic mass is 9.94. The molecule has 4 heteroatoms. The van der Waals surface area contributed by atoms with Crippen LogP contribution in [0.25, 0.3) is 0 Å². The van der Waals surface area contributed by atoms with Crippen molar-refractivity contribution in [3.05, 3.63) is 0 Å². The number of carbonyl (C=O) groups excluding carboxylic acids is 1. The first-order valence-corrected chi connectivity index (χ1v) is 3.90. The van der Waals surface area contributed by atoms with Crippen molar-refractivity contribution in [1.29, 1.82) is 0 Å². The second-order valence-electron chi connectivity index (χ2n) is 3.39. The molecule has 4 nitrogen and oxygen atoms in total. The first kappa shape index (κ1) is 11.4. The Labute approximate surface area is 72.2 Å². The van der Waals surface area contributed by atoms with E-state index in [4.69, 9.17) is 5.11 Å². The fourth-order valence-corrected chi connectivity index (χ4v) is 1.08. The molecule has 0 rings (SSSR count). The van der Waals surface area contributed by atoms with Gasteiger partial charge in [0.05, 0.1) is 18.8 Å². The molecule has 0 radical (unpaired) electrons. The van der Waals surface area contributed by atoms with Crippen molar-refractivity contribution in [2.75, 3.05) is 13.2 Å². The maximum Gasteiger partial charge on any atom is 0.293 e. The van der Waals surface area contributed by atoms with Crippen LogP contribution in [0.15, 0.2) is 0 Å². The molecule has 0 aromatic carbocycles. The molecule has 0 spiro atoms. The third-order valence-corrected chi connectivity index (χ3v) is 1.58. The summed E-state index contributed by atoms with van der Waals surface area (Å²) in [7, 11) is 0. The summed E-state index contributed by atoms with van der Waals surface area (Å²) in [6.45, 7) is 3.76. The first-order chi connectivity index (χ1) is 5.52. The molecule has 0 aliphatic rings. The van der Waals surface area contributed by atoms with Crippen molar-refractivity contribution < 1.29 is 19.7 Å². The Balaban J connectivity index is 3.67. The lowest BCUT2D eigenvalue weighted by molar-refractivity contribution is -0.130. The van der Waals surface area contributed by atoms with Crippen LogP contribution < -0.4 is 0 Å². The number of hydrogen-bond donors (Lipinski definition) is 2. The number of rotatable bonds is 6. The molecule has 2 N–H and O–H groups in total. The normalized spacial score (nSPS) is 18.0. The largest absolute Gasteiger partial charge is 0.468 e. The highest BCUT2D eigenvalue weighted by molar-refractivity contribution is 5.36. The number of ether oxygens (including phenoxy) is 1. The van der Waals surface area contributed by atoms with Gasteiger partial charge >= 0.3 is 0 Å². The minimum absolute atomic E-state index is 0.0531. The standard InChI is InChI=1S/C8H16O4/c1-7(4-12-6-10)3-8(2,11)5-9/h6-7,9,11H,3-5H2,1-2H3/t7-,8?/m1/s1. The Morgan fingerprint density at radius 1 is 1.67 bits per heavy atom. The molecule has 0 aromatic rings. The van der Waals surface area contributed by atoms with Crippen LogP contribution in [0.4, 0.5) is 0 Å². The van der Waals surface area contributed by atoms with Crippen molar-refractivity contribution in [3.8, 4) is 0 Å². The number of aliphatic hydroxyl groups excluding tert-OH is 1. The predicted octanol–water partition coefficient (Wildman–Crippen LogP) is -0.0711. The molecule has 12 heavy (non-hydrogen) atoms. The highest BCUT2D eigenvalue weighted by Gasteiger charge is 2.22. The van der Waals surface area contributed by atoms with Crippen molar-refractivity contribution in [2.24, 2.45) is 5.92 Å². The molecule has 0 aliphatic heterocycles. The minimum atomic E-state index is -1.08. The smallest absolute Gasteiger partial charge is 0.293 e. The Hall–Kier alpha value is -0.610. The van der Waals surface area contributed by atoms with Gasteiger partial charge in [-0.05, 0) is 19.3 Å². The molecule has 0 aromatic heterocycles. The molecule has 0 saturated heterocycles. The number of aliphatic hydroxyl groups is 2. The zero-order valence-electron chi connectivity index (χ0n) is 7.49. The van der Waals surface area contributed by atoms with E-state index in [9.17, 15) is 9.90 Å². The highest BCUT2D eigenvalue weighted by atomic mass is 16.5. The quantitative estimate of drug-likeness (QED) is 0.556. The third-order valence-electron chi connectivity index (χ3n) is 1.58. The van der Waals surface area contributed by atoms with E-state index in [-0.39, 0.29) is 19.1 Å². The molecule has 0 bridgehead atoms. The van der Waals surface area contributed by atoms with Gasteiger partial charge in [0.2, 0.25) is 0 Å². The Morgan fingerprint density at radius 2 is 2.25 bits per heavy atom. The van der Waals surface area contributed by atoms with Crippen molar-refractivity contribution in [1.82, 2.24) is 0 Å². The van der Waals surface area contributed by atoms with E-state index in [2.05, 4.69) is 4.74 Å². The second-order valence-corrected chi connectivity index (χ2v) is 3.39. The zero-order valence-corrected chi connectivity index (χ0v) is 7.49. The fraction of sp³-hybridized carbons (Fsp3) is 0.875. The van der Waals surface area contributed by atoms with E-state index in [0.717, 1.165) is 0 Å². The summed E-state index contributed by atoms with van der Waals surface area (Å²) in [6, 6.07) is 0. The van der Waals surface area contributed by atoms with Crippen LogP contribution in [-0.2, 0) is 9.53 Å². The zero-order chi connectivity index (χ0) is 9.61. The molecule has 0 saturated carbocycles. The number of carbonyl (C=O) groups is 1. The average Bonchev–Trinajstić information content (AvgIpc) is 2.00. The van der Waals surface area contributed by atoms with Gasteiger partial charge in [-0.3, -0.25) is 4.79 Å². The van der Waals surface area contributed by atoms with Crippen LogP contribution in [-0.4, -0.2) is 35.5 Å². The summed E-state index contributed by atoms with van der Waals surface area (Å²) in [5, 5.41) is 18.1. The summed E-state index contributed by atoms with van der Waals surface area (Å²) < 4.78 is 4.51. The topological polar surface area (TPSA) is 66.8 Å². The van der Waals surface area contributed by atoms with Gasteiger partial charge in [0, 0.05) is 0 Å². The molecular formula is C8H16O4. The lowest BCUT2D eigenvalue weighted by Gasteiger charge is -2.23. The third kappa shape index (κ3) is 5.09. The Kier molecular flexibility index (Phi) is 4.85. The van der Waals surface area contributed by atoms with Gasteiger partial charge in [0.15, 0.2) is 0 Å². The van der Waals surface area contributed by atoms with Crippen LogP contribution in [0.2, 0.25) is 0 Å². The van der Waals surface area contributed by atoms with Crippen molar-refractivity contribution in [2.45, 2.75) is 25.9 Å². The molecule has 0 heterocycles. The van der Waals surface area contributed by atoms with Gasteiger partial charge in [0.1, 0.15) is 0 Å². The summed E-state index contributed by atoms with van der Waals surface area (Å²) >= 11 is 0. The van der Waals surface area contributed by atoms with Crippen LogP contribution in [0.1, 0.15) is 20.3 Å². The van der Waals surface area contributed by atoms with E-state index in [1.807, 2.05) is 6.92 Å². The van der Waals surface area contributed by atoms with Gasteiger partial charge in [-0.25, -0.2) is 0 Å². The van der Waals surface area contributed by atoms with Crippen molar-refractivity contribution in [3.63, 3.8) is 0 Å². The Bertz CT molecular complexity index is 133. The molecule has 2 atom stereocenters. The van der Waals surface area contributed by atoms with Gasteiger partial charge in [0.25, 0.3) is 6.47 Å². The predicted molar refractivity (Wildman–Crippen MR) is 43.5 cm³/mol. The maximum absolute atomic E-state index is 9.81. The van der Waals surface area contributed by atoms with Gasteiger partial charge in [-0.1, -0.05) is 6.92 Å². The van der Waals surface area contributed by atoms with E-state index < -0.39 is 5.60 Å². The van der Waals surface area contributed by atoms with Gasteiger partial charge in [-0.2, -0.15) is 0 Å². The molecule has 1 unspecified atom stereocenters. The van der Waals surface area contributed by atoms with Gasteiger partial charge < -0.3 is 14.9 Å². The Morgan fingerprint density at radius 3 is 2.67 bits per heavy atom. The first-order valence-electron chi connectivity index (χ1n) is 3.90. The number of hydrogen-bond acceptors (Lipinski definition) is 4. The van der Waals surface area contributed by atoms with E-state index in [0.29, 0.717) is 12.9 Å². The average molecular weight is 176 g/mol. The molecular weight excluding hydrogens is 160 g/mol. The van der Waals surface area contributed by atoms with Crippen LogP contribution in [0.5, 0.6) is 0 Å². The molecule has 0 fully saturated rings. The summed E-state index contributed by atoms with van der Waals surface area (Å²) in [5.41, 5.74) is -1.08. The van der Waals surface area contributed by atoms with Crippen molar-refractivity contribution >= 4 is 6.47 Å². The molecule has 0 amide bonds. The maximum atomic E-state index is 9.81. The lowest BCUT2D eigenvalue weighted by Crippen LogP contribution is -2.32. The summed E-state index contributed by atoms with van der Waals surface area (Å²) in [6.07, 6.45) is 0.414. The highest BCUT2D eigenvalue weighted by Crippen LogP contribution is 2.15. The van der Waals surface area contributed by atoms with E-state index >= 15 is 0 Å².